The van der Waals surface area contributed by atoms with E-state index in [4.69, 9.17) is 25.8 Å². The molecule has 0 aromatic heterocycles. The number of anilines is 1. The molecule has 0 saturated carbocycles. The summed E-state index contributed by atoms with van der Waals surface area (Å²) in [4.78, 5) is 51.2. The van der Waals surface area contributed by atoms with Crippen LogP contribution in [0.4, 0.5) is 5.69 Å². The molecule has 0 fully saturated rings. The van der Waals surface area contributed by atoms with Crippen LogP contribution in [0.3, 0.4) is 0 Å². The number of nitrogens with zero attached hydrogens (tertiary/aromatic N) is 1. The van der Waals surface area contributed by atoms with Gasteiger partial charge in [-0.3, -0.25) is 14.4 Å². The van der Waals surface area contributed by atoms with Crippen molar-refractivity contribution in [1.29, 1.82) is 0 Å². The van der Waals surface area contributed by atoms with Gasteiger partial charge in [0.2, 0.25) is 6.79 Å². The Morgan fingerprint density at radius 2 is 1.66 bits per heavy atom. The molecular weight excluding hydrogens is 476 g/mol. The zero-order valence-corrected chi connectivity index (χ0v) is 18.8. The van der Waals surface area contributed by atoms with Gasteiger partial charge in [0, 0.05) is 11.6 Å². The number of carbonyl (C=O) groups excluding carboxylic acids is 4. The van der Waals surface area contributed by atoms with E-state index in [0.717, 1.165) is 10.5 Å². The third-order valence-electron chi connectivity index (χ3n) is 5.47. The Balaban J connectivity index is 1.20. The van der Waals surface area contributed by atoms with E-state index >= 15 is 0 Å². The number of ether oxygens (including phenoxy) is 3. The molecule has 3 aromatic rings. The molecule has 0 atom stereocenters. The molecule has 0 unspecified atom stereocenters. The second kappa shape index (κ2) is 9.11. The molecule has 0 aliphatic carbocycles. The van der Waals surface area contributed by atoms with Crippen LogP contribution < -0.4 is 19.7 Å². The largest absolute Gasteiger partial charge is 0.454 e. The van der Waals surface area contributed by atoms with Crippen molar-refractivity contribution in [3.05, 3.63) is 87.9 Å². The standard InChI is InChI=1S/C25H17ClN2O7/c26-16-3-5-17(6-4-16)28-23(30)18-7-2-15(10-19(18)24(28)31)25(32)33-12-22(29)27-11-14-1-8-20-21(9-14)35-13-34-20/h1-10H,11-13H2,(H,27,29). The summed E-state index contributed by atoms with van der Waals surface area (Å²) < 4.78 is 15.6. The van der Waals surface area contributed by atoms with Gasteiger partial charge in [-0.15, -0.1) is 0 Å². The van der Waals surface area contributed by atoms with Crippen molar-refractivity contribution in [2.24, 2.45) is 0 Å². The zero-order chi connectivity index (χ0) is 24.5. The van der Waals surface area contributed by atoms with E-state index in [9.17, 15) is 19.2 Å². The van der Waals surface area contributed by atoms with E-state index in [2.05, 4.69) is 5.32 Å². The minimum atomic E-state index is -0.795. The van der Waals surface area contributed by atoms with E-state index in [-0.39, 0.29) is 30.0 Å². The van der Waals surface area contributed by atoms with Crippen LogP contribution in [0.2, 0.25) is 5.02 Å². The zero-order valence-electron chi connectivity index (χ0n) is 18.1. The van der Waals surface area contributed by atoms with Gasteiger partial charge in [0.1, 0.15) is 0 Å². The molecular formula is C25H17ClN2O7. The van der Waals surface area contributed by atoms with Gasteiger partial charge in [-0.2, -0.15) is 0 Å². The summed E-state index contributed by atoms with van der Waals surface area (Å²) in [6, 6.07) is 15.6. The molecule has 176 valence electrons. The summed E-state index contributed by atoms with van der Waals surface area (Å²) in [5.41, 5.74) is 1.45. The quantitative estimate of drug-likeness (QED) is 0.415. The van der Waals surface area contributed by atoms with Crippen LogP contribution in [0.25, 0.3) is 0 Å². The maximum Gasteiger partial charge on any atom is 0.338 e. The number of hydrogen-bond acceptors (Lipinski definition) is 7. The van der Waals surface area contributed by atoms with Crippen molar-refractivity contribution in [3.8, 4) is 11.5 Å². The first-order chi connectivity index (χ1) is 16.9. The third-order valence-corrected chi connectivity index (χ3v) is 5.72. The fourth-order valence-corrected chi connectivity index (χ4v) is 3.84. The van der Waals surface area contributed by atoms with Gasteiger partial charge in [0.15, 0.2) is 18.1 Å². The number of fused-ring (bicyclic) bond motifs is 2. The molecule has 10 heteroatoms. The number of esters is 1. The SMILES string of the molecule is O=C(COC(=O)c1ccc2c(c1)C(=O)N(c1ccc(Cl)cc1)C2=O)NCc1ccc2c(c1)OCO2. The van der Waals surface area contributed by atoms with E-state index < -0.39 is 30.3 Å². The lowest BCUT2D eigenvalue weighted by Gasteiger charge is -2.13. The number of benzene rings is 3. The van der Waals surface area contributed by atoms with Crippen molar-refractivity contribution in [2.45, 2.75) is 6.54 Å². The first-order valence-corrected chi connectivity index (χ1v) is 10.9. The van der Waals surface area contributed by atoms with Crippen LogP contribution in [0.5, 0.6) is 11.5 Å². The predicted molar refractivity (Wildman–Crippen MR) is 124 cm³/mol. The molecule has 0 saturated heterocycles. The van der Waals surface area contributed by atoms with Crippen molar-refractivity contribution in [3.63, 3.8) is 0 Å². The molecule has 2 aliphatic rings. The highest BCUT2D eigenvalue weighted by Crippen LogP contribution is 2.32. The van der Waals surface area contributed by atoms with Crippen molar-refractivity contribution in [1.82, 2.24) is 5.32 Å². The van der Waals surface area contributed by atoms with Gasteiger partial charge in [-0.1, -0.05) is 17.7 Å². The maximum absolute atomic E-state index is 12.9. The van der Waals surface area contributed by atoms with Crippen molar-refractivity contribution in [2.75, 3.05) is 18.3 Å². The molecule has 35 heavy (non-hydrogen) atoms. The Kier molecular flexibility index (Phi) is 5.84. The number of hydrogen-bond donors (Lipinski definition) is 1. The predicted octanol–water partition coefficient (Wildman–Crippen LogP) is 3.34. The summed E-state index contributed by atoms with van der Waals surface area (Å²) in [5.74, 6) is -1.13. The fraction of sp³-hybridized carbons (Fsp3) is 0.120. The molecule has 5 rings (SSSR count). The van der Waals surface area contributed by atoms with Crippen LogP contribution in [0.15, 0.2) is 60.7 Å². The first-order valence-electron chi connectivity index (χ1n) is 10.5. The smallest absolute Gasteiger partial charge is 0.338 e. The van der Waals surface area contributed by atoms with E-state index in [1.165, 1.54) is 18.2 Å². The van der Waals surface area contributed by atoms with E-state index in [1.54, 1.807) is 42.5 Å². The highest BCUT2D eigenvalue weighted by molar-refractivity contribution is 6.35. The number of carbonyl (C=O) groups is 4. The van der Waals surface area contributed by atoms with Crippen molar-refractivity contribution < 1.29 is 33.4 Å². The minimum absolute atomic E-state index is 0.0476. The second-order valence-electron chi connectivity index (χ2n) is 7.72. The van der Waals surface area contributed by atoms with Crippen LogP contribution in [0, 0.1) is 0 Å². The molecule has 3 amide bonds. The minimum Gasteiger partial charge on any atom is -0.454 e. The summed E-state index contributed by atoms with van der Waals surface area (Å²) in [6.07, 6.45) is 0. The Hall–Kier alpha value is -4.37. The second-order valence-corrected chi connectivity index (χ2v) is 8.16. The van der Waals surface area contributed by atoms with Crippen LogP contribution in [-0.4, -0.2) is 37.1 Å². The maximum atomic E-state index is 12.9. The lowest BCUT2D eigenvalue weighted by atomic mass is 10.1. The topological polar surface area (TPSA) is 111 Å². The summed E-state index contributed by atoms with van der Waals surface area (Å²) in [5, 5.41) is 3.12. The molecule has 0 bridgehead atoms. The average molecular weight is 493 g/mol. The Labute approximate surface area is 204 Å². The fourth-order valence-electron chi connectivity index (χ4n) is 3.71. The molecule has 0 radical (unpaired) electrons. The normalized spacial score (nSPS) is 13.6. The van der Waals surface area contributed by atoms with Crippen LogP contribution in [-0.2, 0) is 16.1 Å². The highest BCUT2D eigenvalue weighted by Gasteiger charge is 2.37. The number of imide groups is 1. The van der Waals surface area contributed by atoms with Gasteiger partial charge in [0.25, 0.3) is 17.7 Å². The van der Waals surface area contributed by atoms with Crippen LogP contribution in [0.1, 0.15) is 36.6 Å². The molecule has 0 spiro atoms. The van der Waals surface area contributed by atoms with E-state index in [0.29, 0.717) is 22.2 Å². The molecule has 2 aliphatic heterocycles. The Bertz CT molecular complexity index is 1370. The number of rotatable bonds is 6. The number of halogens is 1. The lowest BCUT2D eigenvalue weighted by molar-refractivity contribution is -0.124. The lowest BCUT2D eigenvalue weighted by Crippen LogP contribution is -2.29. The summed E-state index contributed by atoms with van der Waals surface area (Å²) >= 11 is 5.88. The summed E-state index contributed by atoms with van der Waals surface area (Å²) in [6.45, 7) is -0.143. The highest BCUT2D eigenvalue weighted by atomic mass is 35.5. The number of amides is 3. The van der Waals surface area contributed by atoms with Crippen molar-refractivity contribution >= 4 is 41.0 Å². The third kappa shape index (κ3) is 4.41. The molecule has 1 N–H and O–H groups in total. The first kappa shape index (κ1) is 22.4. The van der Waals surface area contributed by atoms with Gasteiger partial charge < -0.3 is 19.5 Å². The van der Waals surface area contributed by atoms with Gasteiger partial charge in [0.05, 0.1) is 22.4 Å². The monoisotopic (exact) mass is 492 g/mol. The van der Waals surface area contributed by atoms with Gasteiger partial charge in [-0.05, 0) is 60.2 Å². The van der Waals surface area contributed by atoms with Gasteiger partial charge >= 0.3 is 5.97 Å². The molecule has 9 nitrogen and oxygen atoms in total. The Morgan fingerprint density at radius 1 is 0.914 bits per heavy atom. The van der Waals surface area contributed by atoms with E-state index in [1.807, 2.05) is 0 Å². The molecule has 3 aromatic carbocycles. The van der Waals surface area contributed by atoms with Crippen LogP contribution >= 0.6 is 11.6 Å². The number of nitrogens with one attached hydrogen (secondary N) is 1. The average Bonchev–Trinajstić information content (AvgIpc) is 3.43. The summed E-state index contributed by atoms with van der Waals surface area (Å²) in [7, 11) is 0. The van der Waals surface area contributed by atoms with Gasteiger partial charge in [-0.25, -0.2) is 9.69 Å². The Morgan fingerprint density at radius 3 is 2.46 bits per heavy atom. The molecule has 2 heterocycles.